The Kier molecular flexibility index (Phi) is 6.96. The zero-order chi connectivity index (χ0) is 24.6. The summed E-state index contributed by atoms with van der Waals surface area (Å²) in [6.45, 7) is 9.76. The first kappa shape index (κ1) is 24.2. The normalized spacial score (nSPS) is 15.9. The third kappa shape index (κ3) is 4.68. The molecule has 3 aromatic rings. The summed E-state index contributed by atoms with van der Waals surface area (Å²) in [5, 5.41) is 12.2. The first-order valence-corrected chi connectivity index (χ1v) is 12.4. The zero-order valence-electron chi connectivity index (χ0n) is 20.0. The van der Waals surface area contributed by atoms with Gasteiger partial charge in [0.1, 0.15) is 0 Å². The Bertz CT molecular complexity index is 1340. The van der Waals surface area contributed by atoms with Crippen molar-refractivity contribution in [2.75, 3.05) is 13.1 Å². The van der Waals surface area contributed by atoms with Gasteiger partial charge in [-0.05, 0) is 85.8 Å². The highest BCUT2D eigenvalue weighted by Gasteiger charge is 2.27. The average Bonchev–Trinajstić information content (AvgIpc) is 3.17. The van der Waals surface area contributed by atoms with Gasteiger partial charge in [-0.15, -0.1) is 0 Å². The minimum Gasteiger partial charge on any atom is -0.348 e. The molecule has 7 nitrogen and oxygen atoms in total. The average molecular weight is 524 g/mol. The molecule has 0 radical (unpaired) electrons. The molecular weight excluding hydrogens is 494 g/mol. The summed E-state index contributed by atoms with van der Waals surface area (Å²) < 4.78 is 3.09. The lowest BCUT2D eigenvalue weighted by Crippen LogP contribution is -2.36. The van der Waals surface area contributed by atoms with E-state index in [2.05, 4.69) is 48.5 Å². The molecule has 1 saturated heterocycles. The number of pyridine rings is 2. The van der Waals surface area contributed by atoms with E-state index in [-0.39, 0.29) is 30.0 Å². The molecule has 0 bridgehead atoms. The number of amides is 1. The Morgan fingerprint density at radius 2 is 1.97 bits per heavy atom. The number of hydrogen-bond donors (Lipinski definition) is 2. The molecule has 1 amide bonds. The van der Waals surface area contributed by atoms with Gasteiger partial charge in [0, 0.05) is 70.3 Å². The van der Waals surface area contributed by atoms with Crippen molar-refractivity contribution in [1.82, 2.24) is 19.6 Å². The maximum absolute atomic E-state index is 13.3. The van der Waals surface area contributed by atoms with E-state index >= 15 is 0 Å². The molecule has 1 unspecified atom stereocenters. The van der Waals surface area contributed by atoms with Crippen LogP contribution in [0.25, 0.3) is 5.52 Å². The highest BCUT2D eigenvalue weighted by Crippen LogP contribution is 2.32. The first-order chi connectivity index (χ1) is 16.2. The lowest BCUT2D eigenvalue weighted by Gasteiger charge is -2.35. The van der Waals surface area contributed by atoms with Gasteiger partial charge in [-0.25, -0.2) is 0 Å². The molecule has 0 aromatic carbocycles. The van der Waals surface area contributed by atoms with E-state index in [1.54, 1.807) is 0 Å². The maximum atomic E-state index is 13.3. The van der Waals surface area contributed by atoms with Crippen LogP contribution >= 0.6 is 15.9 Å². The molecule has 0 spiro atoms. The third-order valence-electron chi connectivity index (χ3n) is 6.98. The zero-order valence-corrected chi connectivity index (χ0v) is 21.6. The lowest BCUT2D eigenvalue weighted by molar-refractivity contribution is 0.0949. The van der Waals surface area contributed by atoms with E-state index in [0.29, 0.717) is 11.1 Å². The van der Waals surface area contributed by atoms with Gasteiger partial charge in [0.25, 0.3) is 11.5 Å². The van der Waals surface area contributed by atoms with Crippen LogP contribution < -0.4 is 10.9 Å². The summed E-state index contributed by atoms with van der Waals surface area (Å²) >= 11 is 3.58. The molecule has 178 valence electrons. The van der Waals surface area contributed by atoms with Crippen LogP contribution in [-0.2, 0) is 6.54 Å². The van der Waals surface area contributed by atoms with Gasteiger partial charge in [0.2, 0.25) is 0 Å². The van der Waals surface area contributed by atoms with Crippen LogP contribution in [0.3, 0.4) is 0 Å². The van der Waals surface area contributed by atoms with Gasteiger partial charge in [-0.3, -0.25) is 14.5 Å². The first-order valence-electron chi connectivity index (χ1n) is 11.6. The minimum absolute atomic E-state index is 0.0800. The number of carbonyl (C=O) groups is 1. The highest BCUT2D eigenvalue weighted by atomic mass is 79.9. The maximum Gasteiger partial charge on any atom is 0.253 e. The predicted octanol–water partition coefficient (Wildman–Crippen LogP) is 4.54. The molecule has 1 atom stereocenters. The van der Waals surface area contributed by atoms with Crippen molar-refractivity contribution in [3.8, 4) is 6.07 Å². The fourth-order valence-electron chi connectivity index (χ4n) is 5.04. The van der Waals surface area contributed by atoms with Crippen LogP contribution in [0.1, 0.15) is 64.2 Å². The van der Waals surface area contributed by atoms with Crippen molar-refractivity contribution in [2.24, 2.45) is 5.92 Å². The fraction of sp³-hybridized carbons (Fsp3) is 0.423. The van der Waals surface area contributed by atoms with E-state index in [1.165, 1.54) is 0 Å². The quantitative estimate of drug-likeness (QED) is 0.513. The molecule has 2 N–H and O–H groups in total. The number of nitriles is 1. The van der Waals surface area contributed by atoms with Crippen LogP contribution in [-0.4, -0.2) is 33.3 Å². The summed E-state index contributed by atoms with van der Waals surface area (Å²) in [4.78, 5) is 30.9. The second kappa shape index (κ2) is 9.77. The Morgan fingerprint density at radius 1 is 1.26 bits per heavy atom. The number of piperidine rings is 1. The number of likely N-dealkylation sites (tertiary alicyclic amines) is 1. The summed E-state index contributed by atoms with van der Waals surface area (Å²) in [7, 11) is 0. The van der Waals surface area contributed by atoms with E-state index < -0.39 is 0 Å². The number of aromatic nitrogens is 2. The molecule has 0 saturated carbocycles. The molecular formula is C26H30BrN5O2. The number of fused-ring (bicyclic) bond motifs is 1. The van der Waals surface area contributed by atoms with Crippen LogP contribution in [0.4, 0.5) is 0 Å². The largest absolute Gasteiger partial charge is 0.348 e. The van der Waals surface area contributed by atoms with Gasteiger partial charge in [-0.1, -0.05) is 0 Å². The number of carbonyl (C=O) groups excluding carboxylic acids is 1. The topological polar surface area (TPSA) is 93.4 Å². The van der Waals surface area contributed by atoms with Crippen LogP contribution in [0.15, 0.2) is 33.7 Å². The predicted molar refractivity (Wildman–Crippen MR) is 136 cm³/mol. The minimum atomic E-state index is -0.201. The molecule has 34 heavy (non-hydrogen) atoms. The van der Waals surface area contributed by atoms with E-state index in [0.717, 1.165) is 58.4 Å². The molecule has 1 aliphatic rings. The number of halogens is 1. The van der Waals surface area contributed by atoms with Crippen molar-refractivity contribution >= 4 is 27.4 Å². The van der Waals surface area contributed by atoms with Crippen LogP contribution in [0.5, 0.6) is 0 Å². The summed E-state index contributed by atoms with van der Waals surface area (Å²) in [6, 6.07) is 8.29. The van der Waals surface area contributed by atoms with Gasteiger partial charge >= 0.3 is 0 Å². The van der Waals surface area contributed by atoms with Crippen LogP contribution in [0.2, 0.25) is 0 Å². The number of nitrogens with zero attached hydrogens (tertiary/aromatic N) is 3. The highest BCUT2D eigenvalue weighted by molar-refractivity contribution is 9.10. The van der Waals surface area contributed by atoms with Crippen molar-refractivity contribution in [3.63, 3.8) is 0 Å². The fourth-order valence-corrected chi connectivity index (χ4v) is 5.48. The second-order valence-electron chi connectivity index (χ2n) is 9.26. The molecule has 4 heterocycles. The smallest absolute Gasteiger partial charge is 0.253 e. The number of nitrogens with one attached hydrogen (secondary N) is 2. The Labute approximate surface area is 207 Å². The monoisotopic (exact) mass is 523 g/mol. The number of H-pyrrole nitrogens is 1. The van der Waals surface area contributed by atoms with Gasteiger partial charge < -0.3 is 14.7 Å². The number of aromatic amines is 1. The molecule has 3 aromatic heterocycles. The van der Waals surface area contributed by atoms with E-state index in [1.807, 2.05) is 45.2 Å². The van der Waals surface area contributed by atoms with Crippen molar-refractivity contribution < 1.29 is 4.79 Å². The molecule has 8 heteroatoms. The van der Waals surface area contributed by atoms with Gasteiger partial charge in [0.05, 0.1) is 6.07 Å². The van der Waals surface area contributed by atoms with E-state index in [9.17, 15) is 14.9 Å². The van der Waals surface area contributed by atoms with Crippen molar-refractivity contribution in [1.29, 1.82) is 5.26 Å². The molecule has 0 aliphatic carbocycles. The number of hydrogen-bond acceptors (Lipinski definition) is 4. The Hall–Kier alpha value is -2.89. The molecule has 4 rings (SSSR count). The number of rotatable bonds is 5. The third-order valence-corrected chi connectivity index (χ3v) is 7.41. The van der Waals surface area contributed by atoms with E-state index in [4.69, 9.17) is 0 Å². The van der Waals surface area contributed by atoms with Crippen LogP contribution in [0, 0.1) is 38.0 Å². The lowest BCUT2D eigenvalue weighted by atomic mass is 9.95. The van der Waals surface area contributed by atoms with Gasteiger partial charge in [-0.2, -0.15) is 5.26 Å². The SMILES string of the molecule is Cc1cc(C)c(CNC(=O)c2cc3cc(Br)cn3c(C(C)N3CCC(C#N)CC3)c2C)c(=O)[nH]1. The molecule has 1 aliphatic heterocycles. The summed E-state index contributed by atoms with van der Waals surface area (Å²) in [6.07, 6.45) is 3.76. The van der Waals surface area contributed by atoms with Crippen molar-refractivity contribution in [2.45, 2.75) is 53.1 Å². The van der Waals surface area contributed by atoms with Crippen molar-refractivity contribution in [3.05, 3.63) is 72.9 Å². The molecule has 1 fully saturated rings. The summed E-state index contributed by atoms with van der Waals surface area (Å²) in [5.74, 6) is -0.0795. The number of aryl methyl sites for hydroxylation is 2. The standard InChI is InChI=1S/C26H30BrN5O2/c1-15-9-16(2)30-26(34)23(15)13-29-25(33)22-11-21-10-20(27)14-32(21)24(17(22)3)18(4)31-7-5-19(12-28)6-8-31/h9-11,14,18-19H,5-8,13H2,1-4H3,(H,29,33)(H,30,34). The van der Waals surface area contributed by atoms with Gasteiger partial charge in [0.15, 0.2) is 0 Å². The Balaban J connectivity index is 1.66. The Morgan fingerprint density at radius 3 is 2.62 bits per heavy atom. The summed E-state index contributed by atoms with van der Waals surface area (Å²) in [5.41, 5.74) is 5.57. The second-order valence-corrected chi connectivity index (χ2v) is 10.2.